The van der Waals surface area contributed by atoms with Crippen molar-refractivity contribution in [3.8, 4) is 0 Å². The van der Waals surface area contributed by atoms with Gasteiger partial charge in [0.2, 0.25) is 0 Å². The zero-order valence-corrected chi connectivity index (χ0v) is 24.0. The number of carbonyl (C=O) groups is 2. The number of aliphatic carboxylic acids is 1. The summed E-state index contributed by atoms with van der Waals surface area (Å²) in [6, 6.07) is -0.250. The van der Waals surface area contributed by atoms with Crippen LogP contribution in [0.25, 0.3) is 0 Å². The first-order chi connectivity index (χ1) is 17.6. The molecule has 212 valence electrons. The van der Waals surface area contributed by atoms with E-state index in [0.29, 0.717) is 24.8 Å². The van der Waals surface area contributed by atoms with Gasteiger partial charge in [0, 0.05) is 13.0 Å². The molecule has 4 fully saturated rings. The number of rotatable bonds is 4. The van der Waals surface area contributed by atoms with E-state index >= 15 is 0 Å². The first-order valence-electron chi connectivity index (χ1n) is 14.2. The molecule has 0 radical (unpaired) electrons. The number of carboxylic acid groups (broad SMARTS) is 1. The van der Waals surface area contributed by atoms with Crippen LogP contribution in [-0.4, -0.2) is 51.6 Å². The van der Waals surface area contributed by atoms with Crippen molar-refractivity contribution in [3.63, 3.8) is 0 Å². The first kappa shape index (κ1) is 29.0. The van der Waals surface area contributed by atoms with Crippen LogP contribution in [0.15, 0.2) is 34.9 Å². The number of aliphatic hydroxyl groups excluding tert-OH is 2. The van der Waals surface area contributed by atoms with Crippen LogP contribution in [0, 0.1) is 39.9 Å². The number of aliphatic hydroxyl groups is 2. The number of carbonyl (C=O) groups excluding carboxylic acids is 1. The lowest BCUT2D eigenvalue weighted by Gasteiger charge is -2.70. The van der Waals surface area contributed by atoms with Gasteiger partial charge in [-0.1, -0.05) is 45.4 Å². The SMILES string of the molecule is CC(=O)O[C@H]1C[C@@]2(C)[C@@H](C[C@@H](O)[C@H]3[C@@]4(C)[C@@H](N)C[C@@H](O)[C@@H](C)[C@@H]4CC[C@@]32C)/C1=C(\C=C/C=C(C)C)C(=O)O. The van der Waals surface area contributed by atoms with Crippen molar-refractivity contribution in [1.82, 2.24) is 0 Å². The molecule has 0 saturated heterocycles. The van der Waals surface area contributed by atoms with E-state index in [1.54, 1.807) is 12.2 Å². The third-order valence-electron chi connectivity index (χ3n) is 11.5. The van der Waals surface area contributed by atoms with Gasteiger partial charge in [0.15, 0.2) is 0 Å². The van der Waals surface area contributed by atoms with Gasteiger partial charge in [-0.2, -0.15) is 0 Å². The number of ether oxygens (including phenoxy) is 1. The fourth-order valence-corrected chi connectivity index (χ4v) is 9.55. The molecule has 0 aliphatic heterocycles. The fourth-order valence-electron chi connectivity index (χ4n) is 9.55. The highest BCUT2D eigenvalue weighted by Gasteiger charge is 2.72. The Morgan fingerprint density at radius 2 is 1.71 bits per heavy atom. The second-order valence-electron chi connectivity index (χ2n) is 13.5. The Morgan fingerprint density at radius 3 is 2.29 bits per heavy atom. The van der Waals surface area contributed by atoms with E-state index in [4.69, 9.17) is 10.5 Å². The van der Waals surface area contributed by atoms with Crippen LogP contribution in [0.1, 0.15) is 80.6 Å². The molecule has 0 heterocycles. The van der Waals surface area contributed by atoms with E-state index in [1.807, 2.05) is 19.9 Å². The molecule has 0 unspecified atom stereocenters. The largest absolute Gasteiger partial charge is 0.478 e. The van der Waals surface area contributed by atoms with E-state index in [0.717, 1.165) is 18.4 Å². The Balaban J connectivity index is 1.88. The normalized spacial score (nSPS) is 47.5. The number of fused-ring (bicyclic) bond motifs is 5. The third kappa shape index (κ3) is 4.20. The molecule has 4 aliphatic rings. The summed E-state index contributed by atoms with van der Waals surface area (Å²) >= 11 is 0. The summed E-state index contributed by atoms with van der Waals surface area (Å²) in [5.41, 5.74) is 7.47. The molecule has 7 nitrogen and oxygen atoms in total. The minimum absolute atomic E-state index is 0.0914. The number of nitrogens with two attached hydrogens (primary N) is 1. The van der Waals surface area contributed by atoms with Crippen molar-refractivity contribution in [2.24, 2.45) is 45.7 Å². The molecule has 4 saturated carbocycles. The summed E-state index contributed by atoms with van der Waals surface area (Å²) in [5, 5.41) is 33.0. The smallest absolute Gasteiger partial charge is 0.335 e. The Hall–Kier alpha value is -1.96. The second kappa shape index (κ2) is 9.90. The van der Waals surface area contributed by atoms with E-state index in [2.05, 4.69) is 27.7 Å². The monoisotopic (exact) mass is 529 g/mol. The second-order valence-corrected chi connectivity index (χ2v) is 13.5. The number of hydrogen-bond acceptors (Lipinski definition) is 6. The maximum Gasteiger partial charge on any atom is 0.335 e. The maximum atomic E-state index is 12.6. The van der Waals surface area contributed by atoms with Crippen molar-refractivity contribution >= 4 is 11.9 Å². The van der Waals surface area contributed by atoms with E-state index in [-0.39, 0.29) is 46.1 Å². The summed E-state index contributed by atoms with van der Waals surface area (Å²) < 4.78 is 5.83. The highest BCUT2D eigenvalue weighted by atomic mass is 16.5. The van der Waals surface area contributed by atoms with Gasteiger partial charge in [-0.05, 0) is 97.5 Å². The highest BCUT2D eigenvalue weighted by Crippen LogP contribution is 2.74. The van der Waals surface area contributed by atoms with Gasteiger partial charge < -0.3 is 25.8 Å². The molecule has 0 bridgehead atoms. The molecule has 4 aliphatic carbocycles. The molecular weight excluding hydrogens is 482 g/mol. The van der Waals surface area contributed by atoms with Crippen LogP contribution in [0.3, 0.4) is 0 Å². The Kier molecular flexibility index (Phi) is 7.56. The van der Waals surface area contributed by atoms with Gasteiger partial charge in [0.25, 0.3) is 0 Å². The Labute approximate surface area is 227 Å². The predicted octanol–water partition coefficient (Wildman–Crippen LogP) is 4.38. The van der Waals surface area contributed by atoms with Crippen molar-refractivity contribution in [2.75, 3.05) is 0 Å². The minimum atomic E-state index is -1.06. The first-order valence-corrected chi connectivity index (χ1v) is 14.2. The lowest BCUT2D eigenvalue weighted by atomic mass is 9.35. The summed E-state index contributed by atoms with van der Waals surface area (Å²) in [4.78, 5) is 24.8. The number of carboxylic acids is 1. The van der Waals surface area contributed by atoms with E-state index in [9.17, 15) is 24.9 Å². The van der Waals surface area contributed by atoms with Gasteiger partial charge in [-0.3, -0.25) is 4.79 Å². The lowest BCUT2D eigenvalue weighted by Crippen LogP contribution is -2.70. The van der Waals surface area contributed by atoms with Crippen LogP contribution in [0.5, 0.6) is 0 Å². The van der Waals surface area contributed by atoms with Gasteiger partial charge >= 0.3 is 11.9 Å². The summed E-state index contributed by atoms with van der Waals surface area (Å²) in [6.07, 6.45) is 6.51. The zero-order chi connectivity index (χ0) is 28.4. The summed E-state index contributed by atoms with van der Waals surface area (Å²) in [7, 11) is 0. The molecule has 0 aromatic heterocycles. The van der Waals surface area contributed by atoms with Crippen molar-refractivity contribution in [1.29, 1.82) is 0 Å². The quantitative estimate of drug-likeness (QED) is 0.242. The summed E-state index contributed by atoms with van der Waals surface area (Å²) in [6.45, 7) is 14.0. The van der Waals surface area contributed by atoms with Crippen LogP contribution < -0.4 is 5.73 Å². The standard InChI is InChI=1S/C31H47NO6/c1-16(2)9-8-10-19(28(36)37)26-21-13-23(35)27-29(5,30(21,6)15-24(26)38-18(4)33)12-11-20-17(3)22(34)14-25(32)31(20,27)7/h8-10,17,20-25,27,34-35H,11-15,32H2,1-7H3,(H,36,37)/b10-8-,26-19-/t17-,20-,21-,22+,23+,24-,25-,27+,29-,30-,31+/m0/s1. The lowest BCUT2D eigenvalue weighted by molar-refractivity contribution is -0.239. The molecule has 5 N–H and O–H groups in total. The van der Waals surface area contributed by atoms with Crippen molar-refractivity contribution < 1.29 is 29.6 Å². The zero-order valence-electron chi connectivity index (χ0n) is 24.0. The van der Waals surface area contributed by atoms with Crippen LogP contribution >= 0.6 is 0 Å². The summed E-state index contributed by atoms with van der Waals surface area (Å²) in [5.74, 6) is -1.59. The molecule has 0 aromatic carbocycles. The van der Waals surface area contributed by atoms with Crippen LogP contribution in [0.4, 0.5) is 0 Å². The van der Waals surface area contributed by atoms with Gasteiger partial charge in [0.1, 0.15) is 6.10 Å². The molecule has 7 heteroatoms. The number of allylic oxidation sites excluding steroid dienone is 3. The molecule has 0 spiro atoms. The van der Waals surface area contributed by atoms with Gasteiger partial charge in [-0.25, -0.2) is 4.79 Å². The Bertz CT molecular complexity index is 1070. The Morgan fingerprint density at radius 1 is 1.05 bits per heavy atom. The maximum absolute atomic E-state index is 12.6. The molecular formula is C31H47NO6. The minimum Gasteiger partial charge on any atom is -0.478 e. The molecule has 0 aromatic rings. The van der Waals surface area contributed by atoms with E-state index in [1.165, 1.54) is 6.92 Å². The molecule has 11 atom stereocenters. The van der Waals surface area contributed by atoms with Crippen LogP contribution in [0.2, 0.25) is 0 Å². The van der Waals surface area contributed by atoms with E-state index < -0.39 is 35.7 Å². The van der Waals surface area contributed by atoms with Gasteiger partial charge in [-0.15, -0.1) is 0 Å². The predicted molar refractivity (Wildman–Crippen MR) is 146 cm³/mol. The highest BCUT2D eigenvalue weighted by molar-refractivity contribution is 5.91. The number of esters is 1. The number of hydrogen-bond donors (Lipinski definition) is 4. The topological polar surface area (TPSA) is 130 Å². The van der Waals surface area contributed by atoms with Crippen molar-refractivity contribution in [3.05, 3.63) is 34.9 Å². The van der Waals surface area contributed by atoms with Gasteiger partial charge in [0.05, 0.1) is 17.8 Å². The molecule has 0 amide bonds. The molecule has 38 heavy (non-hydrogen) atoms. The average molecular weight is 530 g/mol. The van der Waals surface area contributed by atoms with Crippen molar-refractivity contribution in [2.45, 2.75) is 105 Å². The van der Waals surface area contributed by atoms with Crippen LogP contribution in [-0.2, 0) is 14.3 Å². The molecule has 4 rings (SSSR count). The third-order valence-corrected chi connectivity index (χ3v) is 11.5. The average Bonchev–Trinajstić information content (AvgIpc) is 3.06. The fraction of sp³-hybridized carbons (Fsp3) is 0.742.